The highest BCUT2D eigenvalue weighted by Gasteiger charge is 2.44. The van der Waals surface area contributed by atoms with Crippen LogP contribution in [0.1, 0.15) is 28.8 Å². The first-order valence-electron chi connectivity index (χ1n) is 11.6. The Hall–Kier alpha value is -2.83. The van der Waals surface area contributed by atoms with E-state index >= 15 is 0 Å². The van der Waals surface area contributed by atoms with Gasteiger partial charge < -0.3 is 10.2 Å². The van der Waals surface area contributed by atoms with Crippen molar-refractivity contribution in [3.8, 4) is 0 Å². The van der Waals surface area contributed by atoms with E-state index in [0.29, 0.717) is 19.6 Å². The Kier molecular flexibility index (Phi) is 6.38. The van der Waals surface area contributed by atoms with E-state index < -0.39 is 0 Å². The largest absolute Gasteiger partial charge is 0.354 e. The summed E-state index contributed by atoms with van der Waals surface area (Å²) < 4.78 is 0. The van der Waals surface area contributed by atoms with Gasteiger partial charge in [-0.05, 0) is 47.7 Å². The van der Waals surface area contributed by atoms with Crippen molar-refractivity contribution in [2.75, 3.05) is 25.4 Å². The summed E-state index contributed by atoms with van der Waals surface area (Å²) in [6.45, 7) is 2.05. The number of nitrogens with zero attached hydrogens (tertiary/aromatic N) is 1. The van der Waals surface area contributed by atoms with E-state index in [1.54, 1.807) is 0 Å². The third-order valence-electron chi connectivity index (χ3n) is 6.69. The molecule has 2 fully saturated rings. The number of carbonyl (C=O) groups is 2. The Morgan fingerprint density at radius 1 is 0.970 bits per heavy atom. The van der Waals surface area contributed by atoms with Crippen LogP contribution in [0, 0.1) is 0 Å². The molecule has 3 aromatic rings. The lowest BCUT2D eigenvalue weighted by molar-refractivity contribution is -0.122. The average Bonchev–Trinajstić information content (AvgIpc) is 3.28. The number of likely N-dealkylation sites (tertiary alicyclic amines) is 1. The maximum absolute atomic E-state index is 13.1. The lowest BCUT2D eigenvalue weighted by Crippen LogP contribution is -2.54. The second kappa shape index (κ2) is 9.57. The summed E-state index contributed by atoms with van der Waals surface area (Å²) in [5, 5.41) is 8.90. The van der Waals surface area contributed by atoms with Crippen LogP contribution in [0.15, 0.2) is 72.8 Å². The van der Waals surface area contributed by atoms with Gasteiger partial charge in [-0.3, -0.25) is 14.9 Å². The third-order valence-corrected chi connectivity index (χ3v) is 8.27. The average molecular weight is 460 g/mol. The highest BCUT2D eigenvalue weighted by atomic mass is 32.2. The monoisotopic (exact) mass is 459 g/mol. The molecule has 2 heterocycles. The fourth-order valence-corrected chi connectivity index (χ4v) is 6.16. The number of hydrogen-bond donors (Lipinski definition) is 2. The third kappa shape index (κ3) is 4.92. The zero-order valence-electron chi connectivity index (χ0n) is 18.6. The summed E-state index contributed by atoms with van der Waals surface area (Å²) in [6, 6.07) is 24.1. The molecular weight excluding hydrogens is 430 g/mol. The van der Waals surface area contributed by atoms with E-state index in [2.05, 4.69) is 28.8 Å². The van der Waals surface area contributed by atoms with E-state index in [9.17, 15) is 9.59 Å². The zero-order chi connectivity index (χ0) is 22.7. The van der Waals surface area contributed by atoms with E-state index in [4.69, 9.17) is 0 Å². The van der Waals surface area contributed by atoms with Crippen LogP contribution in [-0.4, -0.2) is 53.0 Å². The first-order chi connectivity index (χ1) is 16.1. The van der Waals surface area contributed by atoms with Gasteiger partial charge in [0.1, 0.15) is 0 Å². The lowest BCUT2D eigenvalue weighted by Gasteiger charge is -2.39. The molecule has 33 heavy (non-hydrogen) atoms. The molecule has 0 saturated carbocycles. The minimum absolute atomic E-state index is 0.0741. The summed E-state index contributed by atoms with van der Waals surface area (Å²) in [5.41, 5.74) is 1.97. The van der Waals surface area contributed by atoms with Crippen LogP contribution in [0.25, 0.3) is 10.8 Å². The molecule has 2 N–H and O–H groups in total. The van der Waals surface area contributed by atoms with Crippen LogP contribution in [-0.2, 0) is 11.2 Å². The number of rotatable bonds is 5. The summed E-state index contributed by atoms with van der Waals surface area (Å²) in [4.78, 5) is 27.6. The number of fused-ring (bicyclic) bond motifs is 1. The van der Waals surface area contributed by atoms with E-state index in [1.807, 2.05) is 71.3 Å². The molecule has 170 valence electrons. The molecular formula is C27H29N3O2S. The molecule has 2 saturated heterocycles. The van der Waals surface area contributed by atoms with Crippen LogP contribution < -0.4 is 10.6 Å². The van der Waals surface area contributed by atoms with E-state index in [-0.39, 0.29) is 22.7 Å². The molecule has 5 nitrogen and oxygen atoms in total. The number of benzene rings is 3. The Bertz CT molecular complexity index is 1140. The maximum atomic E-state index is 13.1. The minimum Gasteiger partial charge on any atom is -0.354 e. The molecule has 2 amide bonds. The Morgan fingerprint density at radius 3 is 2.48 bits per heavy atom. The second-order valence-electron chi connectivity index (χ2n) is 8.88. The molecule has 1 unspecified atom stereocenters. The molecule has 0 aliphatic carbocycles. The van der Waals surface area contributed by atoms with Crippen LogP contribution in [0.2, 0.25) is 0 Å². The number of thioether (sulfide) groups is 1. The first-order valence-corrected chi connectivity index (χ1v) is 12.6. The topological polar surface area (TPSA) is 61.4 Å². The minimum atomic E-state index is -0.173. The summed E-state index contributed by atoms with van der Waals surface area (Å²) >= 11 is 1.83. The molecule has 5 rings (SSSR count). The van der Waals surface area contributed by atoms with Crippen molar-refractivity contribution in [1.29, 1.82) is 0 Å². The van der Waals surface area contributed by atoms with Crippen molar-refractivity contribution in [2.24, 2.45) is 0 Å². The van der Waals surface area contributed by atoms with Crippen molar-refractivity contribution < 1.29 is 9.59 Å². The quantitative estimate of drug-likeness (QED) is 0.609. The van der Waals surface area contributed by atoms with Gasteiger partial charge in [0.25, 0.3) is 5.91 Å². The normalized spacial score (nSPS) is 19.6. The van der Waals surface area contributed by atoms with Gasteiger partial charge in [0.05, 0.1) is 10.9 Å². The molecule has 6 heteroatoms. The number of amides is 2. The summed E-state index contributed by atoms with van der Waals surface area (Å²) in [6.07, 6.45) is 2.54. The molecule has 0 radical (unpaired) electrons. The Morgan fingerprint density at radius 2 is 1.70 bits per heavy atom. The molecule has 3 aromatic carbocycles. The molecule has 0 bridgehead atoms. The van der Waals surface area contributed by atoms with Crippen molar-refractivity contribution >= 4 is 34.3 Å². The maximum Gasteiger partial charge on any atom is 0.253 e. The van der Waals surface area contributed by atoms with Crippen LogP contribution in [0.4, 0.5) is 0 Å². The summed E-state index contributed by atoms with van der Waals surface area (Å²) in [5.74, 6) is 0.939. The number of piperidine rings is 1. The van der Waals surface area contributed by atoms with Gasteiger partial charge in [0.15, 0.2) is 0 Å². The Labute approximate surface area is 198 Å². The van der Waals surface area contributed by atoms with Crippen molar-refractivity contribution in [1.82, 2.24) is 15.5 Å². The number of nitrogens with one attached hydrogen (secondary N) is 2. The summed E-state index contributed by atoms with van der Waals surface area (Å²) in [7, 11) is 0. The number of carbonyl (C=O) groups excluding carboxylic acids is 2. The predicted octanol–water partition coefficient (Wildman–Crippen LogP) is 3.84. The van der Waals surface area contributed by atoms with Crippen molar-refractivity contribution in [3.05, 3.63) is 83.9 Å². The fourth-order valence-electron chi connectivity index (χ4n) is 4.75. The highest BCUT2D eigenvalue weighted by Crippen LogP contribution is 2.39. The molecule has 2 aliphatic heterocycles. The van der Waals surface area contributed by atoms with Crippen molar-refractivity contribution in [3.63, 3.8) is 0 Å². The lowest BCUT2D eigenvalue weighted by atomic mass is 10.0. The Balaban J connectivity index is 1.12. The predicted molar refractivity (Wildman–Crippen MR) is 134 cm³/mol. The number of hydrogen-bond acceptors (Lipinski definition) is 4. The van der Waals surface area contributed by atoms with Gasteiger partial charge >= 0.3 is 0 Å². The van der Waals surface area contributed by atoms with Gasteiger partial charge in [-0.25, -0.2) is 0 Å². The molecule has 2 aliphatic rings. The molecule has 1 spiro atoms. The fraction of sp³-hybridized carbons (Fsp3) is 0.333. The molecule has 0 aromatic heterocycles. The van der Waals surface area contributed by atoms with Crippen LogP contribution in [0.3, 0.4) is 0 Å². The van der Waals surface area contributed by atoms with Gasteiger partial charge in [0, 0.05) is 31.0 Å². The van der Waals surface area contributed by atoms with E-state index in [1.165, 1.54) is 5.56 Å². The highest BCUT2D eigenvalue weighted by molar-refractivity contribution is 8.01. The SMILES string of the molecule is O=C(NCCc1ccccc1)C1CSC2(CCN(C(=O)c3ccc4ccccc4c3)CC2)N1. The van der Waals surface area contributed by atoms with Gasteiger partial charge in [-0.2, -0.15) is 0 Å². The van der Waals surface area contributed by atoms with Gasteiger partial charge in [-0.1, -0.05) is 60.7 Å². The van der Waals surface area contributed by atoms with Gasteiger partial charge in [-0.15, -0.1) is 11.8 Å². The first kappa shape index (κ1) is 22.0. The van der Waals surface area contributed by atoms with E-state index in [0.717, 1.165) is 41.4 Å². The van der Waals surface area contributed by atoms with Gasteiger partial charge in [0.2, 0.25) is 5.91 Å². The van der Waals surface area contributed by atoms with Crippen LogP contribution in [0.5, 0.6) is 0 Å². The smallest absolute Gasteiger partial charge is 0.253 e. The standard InChI is InChI=1S/C27H29N3O2S/c31-25(28-15-12-20-6-2-1-3-7-20)24-19-33-27(29-24)13-16-30(17-14-27)26(32)23-11-10-21-8-4-5-9-22(21)18-23/h1-11,18,24,29H,12-17,19H2,(H,28,31). The van der Waals surface area contributed by atoms with Crippen molar-refractivity contribution in [2.45, 2.75) is 30.2 Å². The second-order valence-corrected chi connectivity index (χ2v) is 10.3. The molecule has 1 atom stereocenters. The van der Waals surface area contributed by atoms with Crippen LogP contribution >= 0.6 is 11.8 Å². The zero-order valence-corrected chi connectivity index (χ0v) is 19.4.